The van der Waals surface area contributed by atoms with E-state index in [0.29, 0.717) is 6.54 Å². The fourth-order valence-corrected chi connectivity index (χ4v) is 2.52. The summed E-state index contributed by atoms with van der Waals surface area (Å²) in [6.45, 7) is 7.73. The normalized spacial score (nSPS) is 11.8. The maximum absolute atomic E-state index is 11.6. The van der Waals surface area contributed by atoms with Crippen LogP contribution >= 0.6 is 0 Å². The molecule has 1 rings (SSSR count). The van der Waals surface area contributed by atoms with Crippen molar-refractivity contribution in [3.05, 3.63) is 30.3 Å². The molecule has 0 aromatic heterocycles. The monoisotopic (exact) mass is 284 g/mol. The summed E-state index contributed by atoms with van der Waals surface area (Å²) in [4.78, 5) is 2.24. The highest BCUT2D eigenvalue weighted by atomic mass is 32.2. The molecule has 19 heavy (non-hydrogen) atoms. The van der Waals surface area contributed by atoms with Crippen molar-refractivity contribution in [2.75, 3.05) is 24.5 Å². The van der Waals surface area contributed by atoms with Gasteiger partial charge in [0.15, 0.2) is 0 Å². The van der Waals surface area contributed by atoms with Crippen molar-refractivity contribution in [1.82, 2.24) is 4.72 Å². The summed E-state index contributed by atoms with van der Waals surface area (Å²) in [6.07, 6.45) is 0.800. The number of hydrogen-bond acceptors (Lipinski definition) is 3. The highest BCUT2D eigenvalue weighted by molar-refractivity contribution is 7.90. The molecule has 4 nitrogen and oxygen atoms in total. The highest BCUT2D eigenvalue weighted by Gasteiger charge is 2.14. The van der Waals surface area contributed by atoms with Gasteiger partial charge in [-0.25, -0.2) is 13.1 Å². The van der Waals surface area contributed by atoms with Gasteiger partial charge in [-0.3, -0.25) is 0 Å². The van der Waals surface area contributed by atoms with Crippen LogP contribution < -0.4 is 9.62 Å². The lowest BCUT2D eigenvalue weighted by atomic mass is 10.2. The number of benzene rings is 1. The van der Waals surface area contributed by atoms with Crippen molar-refractivity contribution in [1.29, 1.82) is 0 Å². The molecule has 0 aliphatic carbocycles. The summed E-state index contributed by atoms with van der Waals surface area (Å²) in [7, 11) is -3.14. The van der Waals surface area contributed by atoms with Crippen molar-refractivity contribution in [3.8, 4) is 0 Å². The lowest BCUT2D eigenvalue weighted by molar-refractivity contribution is 0.569. The number of hydrogen-bond donors (Lipinski definition) is 1. The largest absolute Gasteiger partial charge is 0.372 e. The van der Waals surface area contributed by atoms with E-state index in [9.17, 15) is 8.42 Å². The van der Waals surface area contributed by atoms with E-state index in [0.717, 1.165) is 19.5 Å². The molecule has 0 bridgehead atoms. The van der Waals surface area contributed by atoms with Crippen LogP contribution in [0.2, 0.25) is 0 Å². The molecule has 1 aromatic rings. The molecule has 0 aliphatic heterocycles. The maximum atomic E-state index is 11.6. The minimum absolute atomic E-state index is 0.371. The molecular weight excluding hydrogens is 260 g/mol. The molecule has 0 radical (unpaired) electrons. The SMILES string of the molecule is CCN(CCCNS(=O)(=O)C(C)C)c1ccccc1. The second-order valence-electron chi connectivity index (χ2n) is 4.76. The van der Waals surface area contributed by atoms with Crippen LogP contribution in [0, 0.1) is 0 Å². The average molecular weight is 284 g/mol. The maximum Gasteiger partial charge on any atom is 0.213 e. The molecule has 0 heterocycles. The van der Waals surface area contributed by atoms with Crippen LogP contribution in [-0.2, 0) is 10.0 Å². The van der Waals surface area contributed by atoms with Crippen LogP contribution in [0.4, 0.5) is 5.69 Å². The number of para-hydroxylation sites is 1. The van der Waals surface area contributed by atoms with E-state index in [-0.39, 0.29) is 5.25 Å². The average Bonchev–Trinajstić information content (AvgIpc) is 2.39. The number of nitrogens with one attached hydrogen (secondary N) is 1. The Bertz CT molecular complexity index is 458. The molecule has 0 spiro atoms. The van der Waals surface area contributed by atoms with E-state index in [4.69, 9.17) is 0 Å². The minimum Gasteiger partial charge on any atom is -0.372 e. The first-order valence-electron chi connectivity index (χ1n) is 6.76. The molecule has 0 fully saturated rings. The minimum atomic E-state index is -3.14. The Balaban J connectivity index is 2.40. The van der Waals surface area contributed by atoms with Gasteiger partial charge in [0, 0.05) is 25.3 Å². The zero-order valence-corrected chi connectivity index (χ0v) is 12.8. The standard InChI is InChI=1S/C14H24N2O2S/c1-4-16(14-9-6-5-7-10-14)12-8-11-15-19(17,18)13(2)3/h5-7,9-10,13,15H,4,8,11-12H2,1-3H3. The summed E-state index contributed by atoms with van der Waals surface area (Å²) in [6, 6.07) is 10.2. The lowest BCUT2D eigenvalue weighted by Crippen LogP contribution is -2.33. The van der Waals surface area contributed by atoms with Gasteiger partial charge >= 0.3 is 0 Å². The Kier molecular flexibility index (Phi) is 6.31. The molecule has 0 saturated heterocycles. The highest BCUT2D eigenvalue weighted by Crippen LogP contribution is 2.12. The summed E-state index contributed by atoms with van der Waals surface area (Å²) < 4.78 is 25.8. The fraction of sp³-hybridized carbons (Fsp3) is 0.571. The van der Waals surface area contributed by atoms with Gasteiger partial charge in [-0.2, -0.15) is 0 Å². The zero-order valence-electron chi connectivity index (χ0n) is 12.0. The molecule has 0 saturated carbocycles. The number of anilines is 1. The number of rotatable bonds is 8. The van der Waals surface area contributed by atoms with Gasteiger partial charge < -0.3 is 4.90 Å². The fourth-order valence-electron chi connectivity index (χ4n) is 1.76. The van der Waals surface area contributed by atoms with Gasteiger partial charge in [-0.15, -0.1) is 0 Å². The number of nitrogens with zero attached hydrogens (tertiary/aromatic N) is 1. The van der Waals surface area contributed by atoms with Crippen LogP contribution in [0.3, 0.4) is 0 Å². The quantitative estimate of drug-likeness (QED) is 0.745. The number of sulfonamides is 1. The molecule has 0 amide bonds. The van der Waals surface area contributed by atoms with Crippen LogP contribution in [0.1, 0.15) is 27.2 Å². The van der Waals surface area contributed by atoms with Crippen LogP contribution in [0.25, 0.3) is 0 Å². The van der Waals surface area contributed by atoms with Gasteiger partial charge in [-0.1, -0.05) is 18.2 Å². The Hall–Kier alpha value is -1.07. The van der Waals surface area contributed by atoms with Crippen LogP contribution in [0.15, 0.2) is 30.3 Å². The van der Waals surface area contributed by atoms with E-state index in [2.05, 4.69) is 28.7 Å². The smallest absolute Gasteiger partial charge is 0.213 e. The second kappa shape index (κ2) is 7.50. The van der Waals surface area contributed by atoms with Crippen molar-refractivity contribution in [2.45, 2.75) is 32.4 Å². The van der Waals surface area contributed by atoms with Crippen molar-refractivity contribution in [3.63, 3.8) is 0 Å². The van der Waals surface area contributed by atoms with Crippen molar-refractivity contribution < 1.29 is 8.42 Å². The predicted octanol–water partition coefficient (Wildman–Crippen LogP) is 2.23. The van der Waals surface area contributed by atoms with E-state index in [1.165, 1.54) is 5.69 Å². The van der Waals surface area contributed by atoms with Crippen molar-refractivity contribution >= 4 is 15.7 Å². The topological polar surface area (TPSA) is 49.4 Å². The van der Waals surface area contributed by atoms with Crippen LogP contribution in [0.5, 0.6) is 0 Å². The predicted molar refractivity (Wildman–Crippen MR) is 81.0 cm³/mol. The third kappa shape index (κ3) is 5.20. The first-order chi connectivity index (χ1) is 8.97. The summed E-state index contributed by atoms with van der Waals surface area (Å²) in [5, 5.41) is -0.371. The van der Waals surface area contributed by atoms with Crippen LogP contribution in [-0.4, -0.2) is 33.3 Å². The summed E-state index contributed by atoms with van der Waals surface area (Å²) >= 11 is 0. The third-order valence-electron chi connectivity index (χ3n) is 3.03. The summed E-state index contributed by atoms with van der Waals surface area (Å²) in [5.41, 5.74) is 1.18. The van der Waals surface area contributed by atoms with Gasteiger partial charge in [0.1, 0.15) is 0 Å². The van der Waals surface area contributed by atoms with E-state index >= 15 is 0 Å². The molecule has 0 atom stereocenters. The van der Waals surface area contributed by atoms with Gasteiger partial charge in [0.05, 0.1) is 5.25 Å². The second-order valence-corrected chi connectivity index (χ2v) is 7.08. The van der Waals surface area contributed by atoms with E-state index in [1.54, 1.807) is 13.8 Å². The zero-order chi connectivity index (χ0) is 14.3. The van der Waals surface area contributed by atoms with Gasteiger partial charge in [-0.05, 0) is 39.3 Å². The molecule has 0 unspecified atom stereocenters. The lowest BCUT2D eigenvalue weighted by Gasteiger charge is -2.23. The first kappa shape index (κ1) is 16.0. The third-order valence-corrected chi connectivity index (χ3v) is 4.88. The molecule has 108 valence electrons. The Morgan fingerprint density at radius 3 is 2.37 bits per heavy atom. The van der Waals surface area contributed by atoms with E-state index in [1.807, 2.05) is 18.2 Å². The molecule has 0 aliphatic rings. The van der Waals surface area contributed by atoms with E-state index < -0.39 is 10.0 Å². The molecule has 1 aromatic carbocycles. The van der Waals surface area contributed by atoms with Gasteiger partial charge in [0.25, 0.3) is 0 Å². The molecule has 1 N–H and O–H groups in total. The Labute approximate surface area is 116 Å². The summed E-state index contributed by atoms with van der Waals surface area (Å²) in [5.74, 6) is 0. The van der Waals surface area contributed by atoms with Gasteiger partial charge in [0.2, 0.25) is 10.0 Å². The molecular formula is C14H24N2O2S. The first-order valence-corrected chi connectivity index (χ1v) is 8.30. The van der Waals surface area contributed by atoms with Crippen molar-refractivity contribution in [2.24, 2.45) is 0 Å². The molecule has 5 heteroatoms. The Morgan fingerprint density at radius 2 is 1.84 bits per heavy atom. The Morgan fingerprint density at radius 1 is 1.21 bits per heavy atom.